The predicted molar refractivity (Wildman–Crippen MR) is 93.2 cm³/mol. The highest BCUT2D eigenvalue weighted by atomic mass is 32.2. The minimum Gasteiger partial charge on any atom is -0.215 e. The molecule has 128 valence electrons. The standard InChI is InChI=1S/C17H37NO2S/c1-3-5-7-8-9-10-11-12-13-14-16-18-21(19,20)17-15-6-4-2/h18H,3-17H2,1-2H3. The van der Waals surface area contributed by atoms with E-state index >= 15 is 0 Å². The van der Waals surface area contributed by atoms with Gasteiger partial charge in [0.2, 0.25) is 10.0 Å². The highest BCUT2D eigenvalue weighted by molar-refractivity contribution is 7.89. The lowest BCUT2D eigenvalue weighted by atomic mass is 10.1. The lowest BCUT2D eigenvalue weighted by molar-refractivity contribution is 0.548. The number of rotatable bonds is 16. The monoisotopic (exact) mass is 319 g/mol. The minimum absolute atomic E-state index is 0.290. The first-order valence-electron chi connectivity index (χ1n) is 9.09. The lowest BCUT2D eigenvalue weighted by Crippen LogP contribution is -2.27. The molecule has 0 aromatic rings. The van der Waals surface area contributed by atoms with Gasteiger partial charge in [0.15, 0.2) is 0 Å². The van der Waals surface area contributed by atoms with E-state index in [1.807, 2.05) is 0 Å². The van der Waals surface area contributed by atoms with Crippen molar-refractivity contribution in [3.63, 3.8) is 0 Å². The molecule has 0 radical (unpaired) electrons. The Morgan fingerprint density at radius 1 is 0.619 bits per heavy atom. The summed E-state index contributed by atoms with van der Waals surface area (Å²) in [5.41, 5.74) is 0. The first-order valence-corrected chi connectivity index (χ1v) is 10.7. The Balaban J connectivity index is 3.28. The fourth-order valence-electron chi connectivity index (χ4n) is 2.45. The lowest BCUT2D eigenvalue weighted by Gasteiger charge is -2.06. The third-order valence-electron chi connectivity index (χ3n) is 3.87. The van der Waals surface area contributed by atoms with Gasteiger partial charge in [0.25, 0.3) is 0 Å². The molecular formula is C17H37NO2S. The Labute approximate surface area is 133 Å². The van der Waals surface area contributed by atoms with Crippen molar-refractivity contribution in [1.82, 2.24) is 4.72 Å². The van der Waals surface area contributed by atoms with Crippen molar-refractivity contribution >= 4 is 10.0 Å². The second-order valence-electron chi connectivity index (χ2n) is 6.10. The summed E-state index contributed by atoms with van der Waals surface area (Å²) in [6, 6.07) is 0. The van der Waals surface area contributed by atoms with Crippen LogP contribution in [0.1, 0.15) is 97.3 Å². The molecule has 0 amide bonds. The summed E-state index contributed by atoms with van der Waals surface area (Å²) in [6.07, 6.45) is 15.7. The number of hydrogen-bond donors (Lipinski definition) is 1. The quantitative estimate of drug-likeness (QED) is 0.406. The molecule has 0 fully saturated rings. The summed E-state index contributed by atoms with van der Waals surface area (Å²) >= 11 is 0. The minimum atomic E-state index is -3.01. The Morgan fingerprint density at radius 2 is 1.05 bits per heavy atom. The molecule has 0 aliphatic rings. The fraction of sp³-hybridized carbons (Fsp3) is 1.00. The van der Waals surface area contributed by atoms with Crippen molar-refractivity contribution in [2.24, 2.45) is 0 Å². The first-order chi connectivity index (χ1) is 10.1. The normalized spacial score (nSPS) is 11.9. The predicted octanol–water partition coefficient (Wildman–Crippen LogP) is 5.02. The molecule has 0 saturated heterocycles. The van der Waals surface area contributed by atoms with Crippen molar-refractivity contribution in [3.05, 3.63) is 0 Å². The topological polar surface area (TPSA) is 46.2 Å². The van der Waals surface area contributed by atoms with Crippen LogP contribution in [-0.2, 0) is 10.0 Å². The van der Waals surface area contributed by atoms with Crippen molar-refractivity contribution in [2.75, 3.05) is 12.3 Å². The fourth-order valence-corrected chi connectivity index (χ4v) is 3.64. The summed E-state index contributed by atoms with van der Waals surface area (Å²) in [5, 5.41) is 0. The van der Waals surface area contributed by atoms with E-state index in [1.165, 1.54) is 51.4 Å². The maximum absolute atomic E-state index is 11.7. The van der Waals surface area contributed by atoms with E-state index in [9.17, 15) is 8.42 Å². The van der Waals surface area contributed by atoms with Crippen LogP contribution in [0, 0.1) is 0 Å². The molecule has 0 bridgehead atoms. The molecule has 0 rings (SSSR count). The average Bonchev–Trinajstić information content (AvgIpc) is 2.45. The second kappa shape index (κ2) is 14.8. The Bertz CT molecular complexity index is 302. The van der Waals surface area contributed by atoms with Gasteiger partial charge in [0, 0.05) is 6.54 Å². The van der Waals surface area contributed by atoms with Gasteiger partial charge in [-0.1, -0.05) is 84.5 Å². The van der Waals surface area contributed by atoms with Gasteiger partial charge in [-0.2, -0.15) is 0 Å². The molecule has 0 atom stereocenters. The van der Waals surface area contributed by atoms with Crippen LogP contribution < -0.4 is 4.72 Å². The van der Waals surface area contributed by atoms with E-state index in [0.29, 0.717) is 12.3 Å². The molecule has 0 spiro atoms. The van der Waals surface area contributed by atoms with Gasteiger partial charge in [-0.25, -0.2) is 13.1 Å². The zero-order valence-electron chi connectivity index (χ0n) is 14.3. The van der Waals surface area contributed by atoms with E-state index in [0.717, 1.165) is 32.1 Å². The van der Waals surface area contributed by atoms with Crippen LogP contribution in [0.2, 0.25) is 0 Å². The second-order valence-corrected chi connectivity index (χ2v) is 8.03. The van der Waals surface area contributed by atoms with Crippen LogP contribution in [0.5, 0.6) is 0 Å². The van der Waals surface area contributed by atoms with Crippen molar-refractivity contribution in [1.29, 1.82) is 0 Å². The Hall–Kier alpha value is -0.0900. The first kappa shape index (κ1) is 20.9. The van der Waals surface area contributed by atoms with Crippen LogP contribution in [0.3, 0.4) is 0 Å². The molecule has 0 aliphatic carbocycles. The SMILES string of the molecule is CCCCCCCCCCCCNS(=O)(=O)CCCCC. The molecule has 4 heteroatoms. The summed E-state index contributed by atoms with van der Waals surface area (Å²) in [6.45, 7) is 4.95. The van der Waals surface area contributed by atoms with Crippen LogP contribution >= 0.6 is 0 Å². The van der Waals surface area contributed by atoms with E-state index in [1.54, 1.807) is 0 Å². The maximum Gasteiger partial charge on any atom is 0.211 e. The van der Waals surface area contributed by atoms with E-state index in [2.05, 4.69) is 18.6 Å². The third-order valence-corrected chi connectivity index (χ3v) is 5.34. The van der Waals surface area contributed by atoms with Crippen LogP contribution in [0.15, 0.2) is 0 Å². The van der Waals surface area contributed by atoms with Crippen molar-refractivity contribution in [3.8, 4) is 0 Å². The summed E-state index contributed by atoms with van der Waals surface area (Å²) in [4.78, 5) is 0. The van der Waals surface area contributed by atoms with Gasteiger partial charge < -0.3 is 0 Å². The average molecular weight is 320 g/mol. The largest absolute Gasteiger partial charge is 0.215 e. The number of hydrogen-bond acceptors (Lipinski definition) is 2. The van der Waals surface area contributed by atoms with Gasteiger partial charge in [-0.3, -0.25) is 0 Å². The highest BCUT2D eigenvalue weighted by Gasteiger charge is 2.07. The van der Waals surface area contributed by atoms with Gasteiger partial charge >= 0.3 is 0 Å². The molecule has 0 aliphatic heterocycles. The van der Waals surface area contributed by atoms with Gasteiger partial charge in [0.05, 0.1) is 5.75 Å². The number of sulfonamides is 1. The summed E-state index contributed by atoms with van der Waals surface area (Å²) in [5.74, 6) is 0.290. The van der Waals surface area contributed by atoms with E-state index in [4.69, 9.17) is 0 Å². The molecule has 21 heavy (non-hydrogen) atoms. The Morgan fingerprint density at radius 3 is 1.57 bits per heavy atom. The van der Waals surface area contributed by atoms with E-state index in [-0.39, 0.29) is 0 Å². The van der Waals surface area contributed by atoms with Crippen molar-refractivity contribution in [2.45, 2.75) is 97.3 Å². The molecule has 3 nitrogen and oxygen atoms in total. The number of unbranched alkanes of at least 4 members (excludes halogenated alkanes) is 11. The maximum atomic E-state index is 11.7. The molecule has 1 N–H and O–H groups in total. The summed E-state index contributed by atoms with van der Waals surface area (Å²) in [7, 11) is -3.01. The van der Waals surface area contributed by atoms with Gasteiger partial charge in [-0.05, 0) is 12.8 Å². The van der Waals surface area contributed by atoms with E-state index < -0.39 is 10.0 Å². The van der Waals surface area contributed by atoms with Gasteiger partial charge in [-0.15, -0.1) is 0 Å². The van der Waals surface area contributed by atoms with Crippen molar-refractivity contribution < 1.29 is 8.42 Å². The molecular weight excluding hydrogens is 282 g/mol. The zero-order valence-corrected chi connectivity index (χ0v) is 15.1. The summed E-state index contributed by atoms with van der Waals surface area (Å²) < 4.78 is 26.0. The highest BCUT2D eigenvalue weighted by Crippen LogP contribution is 2.10. The zero-order chi connectivity index (χ0) is 15.8. The Kier molecular flexibility index (Phi) is 14.8. The number of nitrogens with one attached hydrogen (secondary N) is 1. The smallest absolute Gasteiger partial charge is 0.211 e. The molecule has 0 unspecified atom stereocenters. The van der Waals surface area contributed by atoms with Crippen LogP contribution in [0.4, 0.5) is 0 Å². The van der Waals surface area contributed by atoms with Crippen LogP contribution in [0.25, 0.3) is 0 Å². The van der Waals surface area contributed by atoms with Crippen LogP contribution in [-0.4, -0.2) is 20.7 Å². The molecule has 0 heterocycles. The van der Waals surface area contributed by atoms with Gasteiger partial charge in [0.1, 0.15) is 0 Å². The molecule has 0 saturated carbocycles. The molecule has 0 aromatic carbocycles. The third kappa shape index (κ3) is 16.1. The molecule has 0 aromatic heterocycles.